The molecule has 0 unspecified atom stereocenters. The smallest absolute Gasteiger partial charge is 0.246 e. The van der Waals surface area contributed by atoms with Crippen LogP contribution in [0.2, 0.25) is 0 Å². The van der Waals surface area contributed by atoms with Gasteiger partial charge in [0.2, 0.25) is 11.8 Å². The second-order valence-electron chi connectivity index (χ2n) is 12.0. The Labute approximate surface area is 226 Å². The fourth-order valence-electron chi connectivity index (χ4n) is 6.90. The van der Waals surface area contributed by atoms with Crippen LogP contribution in [0, 0.1) is 11.8 Å². The van der Waals surface area contributed by atoms with Crippen LogP contribution in [0.1, 0.15) is 102 Å². The van der Waals surface area contributed by atoms with Gasteiger partial charge in [-0.3, -0.25) is 14.4 Å². The molecule has 5 rings (SSSR count). The highest BCUT2D eigenvalue weighted by Gasteiger charge is 2.48. The minimum atomic E-state index is -0.492. The van der Waals surface area contributed by atoms with Crippen molar-refractivity contribution in [1.82, 2.24) is 15.2 Å². The first-order valence-electron chi connectivity index (χ1n) is 14.7. The summed E-state index contributed by atoms with van der Waals surface area (Å²) in [6, 6.07) is 4.86. The molecule has 1 aromatic heterocycles. The van der Waals surface area contributed by atoms with Crippen molar-refractivity contribution in [1.29, 1.82) is 0 Å². The summed E-state index contributed by atoms with van der Waals surface area (Å²) in [7, 11) is 1.66. The SMILES string of the molecule is COc1ccc2c3c([nH]c2c1)[C@H](CC(C)C)N1C(=O)[C@H](CCCCCC(=O)C2CCCCC2)NC(=O)[C@@H]1C3. The van der Waals surface area contributed by atoms with Crippen LogP contribution in [-0.4, -0.2) is 46.7 Å². The van der Waals surface area contributed by atoms with Gasteiger partial charge in [-0.05, 0) is 55.7 Å². The lowest BCUT2D eigenvalue weighted by Gasteiger charge is -2.47. The molecule has 7 nitrogen and oxygen atoms in total. The number of aromatic nitrogens is 1. The Kier molecular flexibility index (Phi) is 8.10. The average molecular weight is 522 g/mol. The third-order valence-electron chi connectivity index (χ3n) is 8.89. The highest BCUT2D eigenvalue weighted by atomic mass is 16.5. The van der Waals surface area contributed by atoms with Gasteiger partial charge in [-0.2, -0.15) is 0 Å². The van der Waals surface area contributed by atoms with Crippen LogP contribution in [-0.2, 0) is 20.8 Å². The summed E-state index contributed by atoms with van der Waals surface area (Å²) in [4.78, 5) is 45.2. The minimum Gasteiger partial charge on any atom is -0.497 e. The van der Waals surface area contributed by atoms with Crippen LogP contribution in [0.15, 0.2) is 18.2 Å². The summed E-state index contributed by atoms with van der Waals surface area (Å²) < 4.78 is 5.42. The number of rotatable bonds is 10. The predicted octanol–water partition coefficient (Wildman–Crippen LogP) is 5.62. The number of hydrogen-bond acceptors (Lipinski definition) is 4. The molecule has 1 saturated heterocycles. The van der Waals surface area contributed by atoms with Crippen LogP contribution < -0.4 is 10.1 Å². The zero-order valence-electron chi connectivity index (χ0n) is 23.2. The second kappa shape index (κ2) is 11.5. The van der Waals surface area contributed by atoms with Gasteiger partial charge in [0.05, 0.1) is 13.2 Å². The van der Waals surface area contributed by atoms with E-state index in [1.54, 1.807) is 7.11 Å². The Bertz CT molecular complexity index is 1180. The van der Waals surface area contributed by atoms with E-state index < -0.39 is 12.1 Å². The van der Waals surface area contributed by atoms with Crippen molar-refractivity contribution in [2.75, 3.05) is 7.11 Å². The predicted molar refractivity (Wildman–Crippen MR) is 148 cm³/mol. The van der Waals surface area contributed by atoms with E-state index in [2.05, 4.69) is 30.2 Å². The maximum Gasteiger partial charge on any atom is 0.246 e. The fraction of sp³-hybridized carbons (Fsp3) is 0.645. The molecule has 2 amide bonds. The van der Waals surface area contributed by atoms with Crippen molar-refractivity contribution in [2.45, 2.75) is 109 Å². The number of Topliss-reactive ketones (excluding diaryl/α,β-unsaturated/α-hetero) is 1. The molecule has 1 aliphatic carbocycles. The van der Waals surface area contributed by atoms with E-state index >= 15 is 0 Å². The number of nitrogens with one attached hydrogen (secondary N) is 2. The number of benzene rings is 1. The Balaban J connectivity index is 1.27. The number of H-pyrrole nitrogens is 1. The Morgan fingerprint density at radius 1 is 1.11 bits per heavy atom. The van der Waals surface area contributed by atoms with Gasteiger partial charge in [-0.15, -0.1) is 0 Å². The van der Waals surface area contributed by atoms with E-state index in [4.69, 9.17) is 4.74 Å². The summed E-state index contributed by atoms with van der Waals surface area (Å²) in [6.07, 6.45) is 10.9. The number of piperazine rings is 1. The van der Waals surface area contributed by atoms with Gasteiger partial charge in [-0.25, -0.2) is 0 Å². The lowest BCUT2D eigenvalue weighted by molar-refractivity contribution is -0.154. The van der Waals surface area contributed by atoms with Crippen LogP contribution in [0.25, 0.3) is 10.9 Å². The molecule has 0 bridgehead atoms. The standard InChI is InChI=1S/C31H43N3O4/c1-19(2)16-26-29-23(22-15-14-21(38-3)17-25(22)32-29)18-27-30(36)33-24(31(37)34(26)27)12-8-5-9-13-28(35)20-10-6-4-7-11-20/h14-15,17,19-20,24,26-27,32H,4-13,16,18H2,1-3H3,(H,33,36)/t24-,26-,27-/m0/s1. The Morgan fingerprint density at radius 2 is 1.89 bits per heavy atom. The first-order valence-corrected chi connectivity index (χ1v) is 14.7. The third kappa shape index (κ3) is 5.34. The number of fused-ring (bicyclic) bond motifs is 4. The van der Waals surface area contributed by atoms with Gasteiger partial charge in [-0.1, -0.05) is 46.0 Å². The van der Waals surface area contributed by atoms with Gasteiger partial charge in [0.1, 0.15) is 23.6 Å². The molecule has 7 heteroatoms. The van der Waals surface area contributed by atoms with Gasteiger partial charge < -0.3 is 19.9 Å². The molecular weight excluding hydrogens is 478 g/mol. The number of aromatic amines is 1. The number of nitrogens with zero attached hydrogens (tertiary/aromatic N) is 1. The highest BCUT2D eigenvalue weighted by molar-refractivity contribution is 5.99. The zero-order chi connectivity index (χ0) is 26.8. The van der Waals surface area contributed by atoms with Crippen LogP contribution >= 0.6 is 0 Å². The molecule has 206 valence electrons. The lowest BCUT2D eigenvalue weighted by Crippen LogP contribution is -2.65. The second-order valence-corrected chi connectivity index (χ2v) is 12.0. The van der Waals surface area contributed by atoms with Crippen molar-refractivity contribution < 1.29 is 19.1 Å². The lowest BCUT2D eigenvalue weighted by atomic mass is 9.84. The molecule has 3 heterocycles. The summed E-state index contributed by atoms with van der Waals surface area (Å²) in [5.41, 5.74) is 3.18. The quantitative estimate of drug-likeness (QED) is 0.397. The van der Waals surface area contributed by atoms with Gasteiger partial charge in [0, 0.05) is 41.4 Å². The monoisotopic (exact) mass is 521 g/mol. The first kappa shape index (κ1) is 26.8. The molecular formula is C31H43N3O4. The molecule has 2 fully saturated rings. The number of ketones is 1. The molecule has 38 heavy (non-hydrogen) atoms. The summed E-state index contributed by atoms with van der Waals surface area (Å²) >= 11 is 0. The van der Waals surface area contributed by atoms with Gasteiger partial charge in [0.25, 0.3) is 0 Å². The molecule has 2 aliphatic heterocycles. The maximum absolute atomic E-state index is 13.8. The summed E-state index contributed by atoms with van der Waals surface area (Å²) in [5, 5.41) is 4.15. The number of ether oxygens (including phenoxy) is 1. The highest BCUT2D eigenvalue weighted by Crippen LogP contribution is 2.42. The van der Waals surface area contributed by atoms with Crippen molar-refractivity contribution in [3.8, 4) is 5.75 Å². The van der Waals surface area contributed by atoms with Crippen molar-refractivity contribution in [3.63, 3.8) is 0 Å². The average Bonchev–Trinajstić information content (AvgIpc) is 3.28. The van der Waals surface area contributed by atoms with Crippen molar-refractivity contribution in [3.05, 3.63) is 29.5 Å². The number of hydrogen-bond donors (Lipinski definition) is 2. The van der Waals surface area contributed by atoms with E-state index in [1.165, 1.54) is 19.3 Å². The minimum absolute atomic E-state index is 0.0282. The molecule has 3 atom stereocenters. The summed E-state index contributed by atoms with van der Waals surface area (Å²) in [5.74, 6) is 1.82. The van der Waals surface area contributed by atoms with Crippen molar-refractivity contribution in [2.24, 2.45) is 11.8 Å². The molecule has 0 radical (unpaired) electrons. The first-order chi connectivity index (χ1) is 18.4. The Morgan fingerprint density at radius 3 is 2.63 bits per heavy atom. The molecule has 2 N–H and O–H groups in total. The number of unbranched alkanes of at least 4 members (excludes halogenated alkanes) is 2. The fourth-order valence-corrected chi connectivity index (χ4v) is 6.90. The van der Waals surface area contributed by atoms with Crippen LogP contribution in [0.5, 0.6) is 5.75 Å². The van der Waals surface area contributed by atoms with E-state index in [1.807, 2.05) is 17.0 Å². The maximum atomic E-state index is 13.8. The molecule has 0 spiro atoms. The molecule has 1 saturated carbocycles. The Hall–Kier alpha value is -2.83. The molecule has 3 aliphatic rings. The largest absolute Gasteiger partial charge is 0.497 e. The van der Waals surface area contributed by atoms with Crippen molar-refractivity contribution >= 4 is 28.5 Å². The van der Waals surface area contributed by atoms with E-state index in [-0.39, 0.29) is 23.8 Å². The molecule has 2 aromatic rings. The van der Waals surface area contributed by atoms with Crippen LogP contribution in [0.4, 0.5) is 0 Å². The number of carbonyl (C=O) groups is 3. The zero-order valence-corrected chi connectivity index (χ0v) is 23.2. The van der Waals surface area contributed by atoms with E-state index in [0.717, 1.165) is 66.4 Å². The van der Waals surface area contributed by atoms with Gasteiger partial charge in [0.15, 0.2) is 0 Å². The summed E-state index contributed by atoms with van der Waals surface area (Å²) in [6.45, 7) is 4.32. The topological polar surface area (TPSA) is 91.5 Å². The van der Waals surface area contributed by atoms with Crippen LogP contribution in [0.3, 0.4) is 0 Å². The third-order valence-corrected chi connectivity index (χ3v) is 8.89. The van der Waals surface area contributed by atoms with Gasteiger partial charge >= 0.3 is 0 Å². The normalized spacial score (nSPS) is 23.9. The number of carbonyl (C=O) groups excluding carboxylic acids is 3. The van der Waals surface area contributed by atoms with E-state index in [9.17, 15) is 14.4 Å². The number of amides is 2. The number of methoxy groups -OCH3 is 1. The molecule has 1 aromatic carbocycles. The van der Waals surface area contributed by atoms with E-state index in [0.29, 0.717) is 31.0 Å².